The normalized spacial score (nSPS) is 19.2. The fraction of sp³-hybridized carbons (Fsp3) is 0.667. The van der Waals surface area contributed by atoms with Gasteiger partial charge in [0.1, 0.15) is 0 Å². The van der Waals surface area contributed by atoms with E-state index in [1.807, 2.05) is 0 Å². The summed E-state index contributed by atoms with van der Waals surface area (Å²) in [5.41, 5.74) is 0. The molecule has 0 radical (unpaired) electrons. The molecule has 7 heteroatoms. The summed E-state index contributed by atoms with van der Waals surface area (Å²) < 4.78 is 26.6. The monoisotopic (exact) mass is 246 g/mol. The van der Waals surface area contributed by atoms with Crippen LogP contribution >= 0.6 is 0 Å². The van der Waals surface area contributed by atoms with Crippen LogP contribution in [-0.4, -0.2) is 43.4 Å². The number of carboxylic acid groups (broad SMARTS) is 1. The minimum Gasteiger partial charge on any atom is -0.481 e. The van der Waals surface area contributed by atoms with Crippen LogP contribution < -0.4 is 4.72 Å². The maximum absolute atomic E-state index is 11.6. The molecule has 0 bridgehead atoms. The van der Waals surface area contributed by atoms with Crippen LogP contribution in [0.5, 0.6) is 0 Å². The summed E-state index contributed by atoms with van der Waals surface area (Å²) in [6.07, 6.45) is 5.63. The standard InChI is InChI=1S/C9H14N2O4S/c1-2-5-10-16(14,15)11-6-3-8(4-7-11)9(12)13/h1,8,10H,3-7H2,(H,12,13). The number of hydrogen-bond acceptors (Lipinski definition) is 3. The van der Waals surface area contributed by atoms with Crippen molar-refractivity contribution in [2.75, 3.05) is 19.6 Å². The molecule has 90 valence electrons. The van der Waals surface area contributed by atoms with E-state index in [0.29, 0.717) is 12.8 Å². The lowest BCUT2D eigenvalue weighted by Crippen LogP contribution is -2.46. The van der Waals surface area contributed by atoms with E-state index in [1.165, 1.54) is 4.31 Å². The third-order valence-corrected chi connectivity index (χ3v) is 4.05. The molecule has 1 rings (SSSR count). The van der Waals surface area contributed by atoms with E-state index < -0.39 is 22.1 Å². The third kappa shape index (κ3) is 3.20. The zero-order chi connectivity index (χ0) is 12.2. The van der Waals surface area contributed by atoms with E-state index in [4.69, 9.17) is 11.5 Å². The van der Waals surface area contributed by atoms with Crippen LogP contribution in [0.15, 0.2) is 0 Å². The highest BCUT2D eigenvalue weighted by Gasteiger charge is 2.30. The molecule has 1 aliphatic heterocycles. The molecule has 0 aliphatic carbocycles. The minimum absolute atomic E-state index is 0.0544. The first-order valence-corrected chi connectivity index (χ1v) is 6.32. The lowest BCUT2D eigenvalue weighted by molar-refractivity contribution is -0.142. The van der Waals surface area contributed by atoms with Gasteiger partial charge in [0.2, 0.25) is 0 Å². The molecule has 1 fully saturated rings. The molecule has 0 aromatic rings. The Balaban J connectivity index is 2.54. The predicted octanol–water partition coefficient (Wildman–Crippen LogP) is -0.749. The second kappa shape index (κ2) is 5.30. The molecule has 0 spiro atoms. The Morgan fingerprint density at radius 3 is 2.50 bits per heavy atom. The van der Waals surface area contributed by atoms with E-state index in [9.17, 15) is 13.2 Å². The van der Waals surface area contributed by atoms with Gasteiger partial charge in [0.05, 0.1) is 12.5 Å². The number of piperidine rings is 1. The van der Waals surface area contributed by atoms with Crippen molar-refractivity contribution in [2.45, 2.75) is 12.8 Å². The number of nitrogens with one attached hydrogen (secondary N) is 1. The van der Waals surface area contributed by atoms with Gasteiger partial charge in [-0.25, -0.2) is 0 Å². The molecule has 1 saturated heterocycles. The second-order valence-corrected chi connectivity index (χ2v) is 5.30. The van der Waals surface area contributed by atoms with E-state index in [1.54, 1.807) is 0 Å². The van der Waals surface area contributed by atoms with Gasteiger partial charge in [-0.1, -0.05) is 5.92 Å². The van der Waals surface area contributed by atoms with Crippen molar-refractivity contribution < 1.29 is 18.3 Å². The molecule has 0 aromatic heterocycles. The molecule has 1 heterocycles. The van der Waals surface area contributed by atoms with Crippen molar-refractivity contribution in [2.24, 2.45) is 5.92 Å². The summed E-state index contributed by atoms with van der Waals surface area (Å²) in [5.74, 6) is 0.867. The van der Waals surface area contributed by atoms with Crippen LogP contribution in [0, 0.1) is 18.3 Å². The number of carboxylic acids is 1. The van der Waals surface area contributed by atoms with Crippen molar-refractivity contribution in [3.8, 4) is 12.3 Å². The second-order valence-electron chi connectivity index (χ2n) is 3.54. The Morgan fingerprint density at radius 1 is 1.50 bits per heavy atom. The largest absolute Gasteiger partial charge is 0.481 e. The van der Waals surface area contributed by atoms with Gasteiger partial charge < -0.3 is 5.11 Å². The first-order chi connectivity index (χ1) is 7.47. The first kappa shape index (κ1) is 13.0. The molecular formula is C9H14N2O4S. The number of nitrogens with zero attached hydrogens (tertiary/aromatic N) is 1. The fourth-order valence-corrected chi connectivity index (χ4v) is 2.71. The van der Waals surface area contributed by atoms with Gasteiger partial charge in [-0.15, -0.1) is 6.42 Å². The van der Waals surface area contributed by atoms with Crippen molar-refractivity contribution in [1.82, 2.24) is 9.03 Å². The number of carbonyl (C=O) groups is 1. The summed E-state index contributed by atoms with van der Waals surface area (Å²) in [6.45, 7) is 0.384. The van der Waals surface area contributed by atoms with Gasteiger partial charge in [-0.2, -0.15) is 17.4 Å². The Labute approximate surface area is 94.8 Å². The van der Waals surface area contributed by atoms with Crippen molar-refractivity contribution >= 4 is 16.2 Å². The summed E-state index contributed by atoms with van der Waals surface area (Å²) in [4.78, 5) is 10.7. The molecule has 16 heavy (non-hydrogen) atoms. The lowest BCUT2D eigenvalue weighted by atomic mass is 9.99. The van der Waals surface area contributed by atoms with Gasteiger partial charge in [-0.3, -0.25) is 4.79 Å². The number of aliphatic carboxylic acids is 1. The summed E-state index contributed by atoms with van der Waals surface area (Å²) >= 11 is 0. The molecule has 0 saturated carbocycles. The van der Waals surface area contributed by atoms with E-state index >= 15 is 0 Å². The molecule has 2 N–H and O–H groups in total. The van der Waals surface area contributed by atoms with Crippen LogP contribution in [0.1, 0.15) is 12.8 Å². The Bertz CT molecular complexity index is 390. The van der Waals surface area contributed by atoms with Gasteiger partial charge in [0.15, 0.2) is 0 Å². The number of rotatable bonds is 4. The quantitative estimate of drug-likeness (QED) is 0.639. The minimum atomic E-state index is -3.55. The van der Waals surface area contributed by atoms with Gasteiger partial charge in [0, 0.05) is 13.1 Å². The van der Waals surface area contributed by atoms with Crippen molar-refractivity contribution in [3.05, 3.63) is 0 Å². The maximum Gasteiger partial charge on any atom is 0.306 e. The van der Waals surface area contributed by atoms with E-state index in [0.717, 1.165) is 0 Å². The SMILES string of the molecule is C#CCNS(=O)(=O)N1CCC(C(=O)O)CC1. The smallest absolute Gasteiger partial charge is 0.306 e. The molecule has 0 unspecified atom stereocenters. The summed E-state index contributed by atoms with van der Waals surface area (Å²) in [5, 5.41) is 8.76. The van der Waals surface area contributed by atoms with Gasteiger partial charge in [-0.05, 0) is 12.8 Å². The average molecular weight is 246 g/mol. The zero-order valence-corrected chi connectivity index (χ0v) is 9.53. The third-order valence-electron chi connectivity index (χ3n) is 2.50. The van der Waals surface area contributed by atoms with E-state index in [2.05, 4.69) is 10.6 Å². The van der Waals surface area contributed by atoms with Crippen LogP contribution in [-0.2, 0) is 15.0 Å². The van der Waals surface area contributed by atoms with Crippen LogP contribution in [0.3, 0.4) is 0 Å². The molecule has 6 nitrogen and oxygen atoms in total. The average Bonchev–Trinajstić information content (AvgIpc) is 2.26. The highest BCUT2D eigenvalue weighted by Crippen LogP contribution is 2.18. The molecule has 0 amide bonds. The predicted molar refractivity (Wildman–Crippen MR) is 57.7 cm³/mol. The Morgan fingerprint density at radius 2 is 2.06 bits per heavy atom. The first-order valence-electron chi connectivity index (χ1n) is 4.88. The van der Waals surface area contributed by atoms with Crippen molar-refractivity contribution in [3.63, 3.8) is 0 Å². The Hall–Kier alpha value is -1.10. The van der Waals surface area contributed by atoms with Crippen molar-refractivity contribution in [1.29, 1.82) is 0 Å². The summed E-state index contributed by atoms with van der Waals surface area (Å²) in [6, 6.07) is 0. The van der Waals surface area contributed by atoms with E-state index in [-0.39, 0.29) is 19.6 Å². The fourth-order valence-electron chi connectivity index (χ4n) is 1.57. The summed E-state index contributed by atoms with van der Waals surface area (Å²) in [7, 11) is -3.55. The maximum atomic E-state index is 11.6. The molecule has 0 atom stereocenters. The number of terminal acetylenes is 1. The lowest BCUT2D eigenvalue weighted by Gasteiger charge is -2.28. The van der Waals surface area contributed by atoms with Gasteiger partial charge in [0.25, 0.3) is 10.2 Å². The Kier molecular flexibility index (Phi) is 4.29. The molecule has 1 aliphatic rings. The van der Waals surface area contributed by atoms with Crippen LogP contribution in [0.2, 0.25) is 0 Å². The molecule has 0 aromatic carbocycles. The molecular weight excluding hydrogens is 232 g/mol. The van der Waals surface area contributed by atoms with Crippen LogP contribution in [0.25, 0.3) is 0 Å². The highest BCUT2D eigenvalue weighted by molar-refractivity contribution is 7.87. The van der Waals surface area contributed by atoms with Crippen LogP contribution in [0.4, 0.5) is 0 Å². The zero-order valence-electron chi connectivity index (χ0n) is 8.72. The number of hydrogen-bond donors (Lipinski definition) is 2. The highest BCUT2D eigenvalue weighted by atomic mass is 32.2. The van der Waals surface area contributed by atoms with Gasteiger partial charge >= 0.3 is 5.97 Å². The topological polar surface area (TPSA) is 86.7 Å².